The van der Waals surface area contributed by atoms with Crippen molar-refractivity contribution in [1.82, 2.24) is 25.1 Å². The Hall–Kier alpha value is -2.96. The number of aromatic amines is 1. The number of aryl methyl sites for hydroxylation is 2. The maximum atomic E-state index is 12.8. The minimum Gasteiger partial charge on any atom is -0.481 e. The molecule has 7 heteroatoms. The van der Waals surface area contributed by atoms with E-state index < -0.39 is 6.10 Å². The summed E-state index contributed by atoms with van der Waals surface area (Å²) in [6.45, 7) is 7.27. The zero-order valence-electron chi connectivity index (χ0n) is 16.5. The number of carbonyl (C=O) groups excluding carboxylic acids is 1. The monoisotopic (exact) mass is 379 g/mol. The van der Waals surface area contributed by atoms with Gasteiger partial charge < -0.3 is 9.64 Å². The first-order valence-electron chi connectivity index (χ1n) is 9.70. The molecule has 28 heavy (non-hydrogen) atoms. The van der Waals surface area contributed by atoms with Gasteiger partial charge in [0.15, 0.2) is 11.8 Å². The van der Waals surface area contributed by atoms with E-state index in [0.29, 0.717) is 24.7 Å². The molecule has 1 atom stereocenters. The smallest absolute Gasteiger partial charge is 0.263 e. The molecule has 0 saturated carbocycles. The van der Waals surface area contributed by atoms with E-state index in [1.165, 1.54) is 5.56 Å². The van der Waals surface area contributed by atoms with E-state index >= 15 is 0 Å². The summed E-state index contributed by atoms with van der Waals surface area (Å²) in [6, 6.07) is 6.00. The van der Waals surface area contributed by atoms with E-state index in [0.717, 1.165) is 35.4 Å². The molecule has 1 aromatic carbocycles. The summed E-state index contributed by atoms with van der Waals surface area (Å²) >= 11 is 0. The third kappa shape index (κ3) is 3.56. The molecule has 0 aliphatic carbocycles. The van der Waals surface area contributed by atoms with Crippen molar-refractivity contribution in [2.75, 3.05) is 13.1 Å². The fourth-order valence-corrected chi connectivity index (χ4v) is 3.87. The molecule has 1 saturated heterocycles. The Labute approximate surface area is 164 Å². The lowest BCUT2D eigenvalue weighted by Gasteiger charge is -2.33. The number of carbonyl (C=O) groups is 1. The van der Waals surface area contributed by atoms with Crippen molar-refractivity contribution in [3.63, 3.8) is 0 Å². The van der Waals surface area contributed by atoms with Gasteiger partial charge in [0.1, 0.15) is 11.3 Å². The number of benzene rings is 1. The van der Waals surface area contributed by atoms with Gasteiger partial charge in [0.25, 0.3) is 5.91 Å². The lowest BCUT2D eigenvalue weighted by molar-refractivity contribution is -0.139. The Morgan fingerprint density at radius 3 is 2.71 bits per heavy atom. The van der Waals surface area contributed by atoms with Crippen LogP contribution in [0.4, 0.5) is 0 Å². The highest BCUT2D eigenvalue weighted by molar-refractivity contribution is 5.81. The summed E-state index contributed by atoms with van der Waals surface area (Å²) in [6.07, 6.45) is 4.57. The van der Waals surface area contributed by atoms with Crippen molar-refractivity contribution >= 4 is 17.1 Å². The van der Waals surface area contributed by atoms with Crippen LogP contribution in [0.25, 0.3) is 11.2 Å². The maximum absolute atomic E-state index is 12.8. The highest BCUT2D eigenvalue weighted by atomic mass is 16.5. The second-order valence-corrected chi connectivity index (χ2v) is 7.49. The van der Waals surface area contributed by atoms with Crippen molar-refractivity contribution in [3.8, 4) is 5.75 Å². The molecule has 1 aliphatic rings. The predicted molar refractivity (Wildman–Crippen MR) is 106 cm³/mol. The third-order valence-electron chi connectivity index (χ3n) is 5.41. The van der Waals surface area contributed by atoms with Gasteiger partial charge in [0.05, 0.1) is 5.69 Å². The van der Waals surface area contributed by atoms with E-state index in [1.54, 1.807) is 12.4 Å². The fourth-order valence-electron chi connectivity index (χ4n) is 3.87. The van der Waals surface area contributed by atoms with Crippen LogP contribution in [-0.2, 0) is 4.79 Å². The van der Waals surface area contributed by atoms with Crippen LogP contribution in [0, 0.1) is 13.8 Å². The first-order chi connectivity index (χ1) is 13.5. The summed E-state index contributed by atoms with van der Waals surface area (Å²) in [5, 5.41) is 7.33. The molecule has 146 valence electrons. The number of aromatic nitrogens is 4. The highest BCUT2D eigenvalue weighted by Gasteiger charge is 2.29. The molecule has 3 aromatic rings. The standard InChI is InChI=1S/C21H25N5O2/c1-13-4-5-17(14(2)12-13)28-15(3)21(27)26-10-6-16(7-11-26)18-19-20(25-24-18)23-9-8-22-19/h4-5,8-9,12,15-16H,6-7,10-11H2,1-3H3,(H,23,24,25). The second kappa shape index (κ2) is 7.58. The van der Waals surface area contributed by atoms with Crippen molar-refractivity contribution in [2.45, 2.75) is 45.6 Å². The molecular weight excluding hydrogens is 354 g/mol. The summed E-state index contributed by atoms with van der Waals surface area (Å²) < 4.78 is 5.95. The minimum absolute atomic E-state index is 0.0349. The average Bonchev–Trinajstić information content (AvgIpc) is 3.14. The molecule has 4 rings (SSSR count). The quantitative estimate of drug-likeness (QED) is 0.753. The van der Waals surface area contributed by atoms with Gasteiger partial charge in [0, 0.05) is 31.4 Å². The predicted octanol–water partition coefficient (Wildman–Crippen LogP) is 3.14. The molecule has 1 N–H and O–H groups in total. The molecule has 0 radical (unpaired) electrons. The van der Waals surface area contributed by atoms with Crippen LogP contribution in [0.3, 0.4) is 0 Å². The van der Waals surface area contributed by atoms with Gasteiger partial charge in [-0.05, 0) is 45.2 Å². The molecule has 0 spiro atoms. The maximum Gasteiger partial charge on any atom is 0.263 e. The zero-order chi connectivity index (χ0) is 19.7. The molecular formula is C21H25N5O2. The Morgan fingerprint density at radius 2 is 1.96 bits per heavy atom. The van der Waals surface area contributed by atoms with E-state index in [-0.39, 0.29) is 5.91 Å². The summed E-state index contributed by atoms with van der Waals surface area (Å²) in [4.78, 5) is 23.4. The molecule has 3 heterocycles. The minimum atomic E-state index is -0.503. The van der Waals surface area contributed by atoms with Gasteiger partial charge in [-0.25, -0.2) is 9.97 Å². The van der Waals surface area contributed by atoms with E-state index in [2.05, 4.69) is 26.2 Å². The van der Waals surface area contributed by atoms with Gasteiger partial charge in [-0.3, -0.25) is 9.89 Å². The van der Waals surface area contributed by atoms with Gasteiger partial charge in [0.2, 0.25) is 0 Å². The van der Waals surface area contributed by atoms with E-state index in [4.69, 9.17) is 4.74 Å². The lowest BCUT2D eigenvalue weighted by atomic mass is 9.93. The largest absolute Gasteiger partial charge is 0.481 e. The molecule has 1 aliphatic heterocycles. The number of piperidine rings is 1. The molecule has 1 fully saturated rings. The topological polar surface area (TPSA) is 84.0 Å². The van der Waals surface area contributed by atoms with Crippen LogP contribution >= 0.6 is 0 Å². The van der Waals surface area contributed by atoms with Gasteiger partial charge in [-0.1, -0.05) is 17.7 Å². The van der Waals surface area contributed by atoms with Gasteiger partial charge in [-0.2, -0.15) is 5.10 Å². The van der Waals surface area contributed by atoms with Crippen LogP contribution in [-0.4, -0.2) is 50.2 Å². The molecule has 1 amide bonds. The molecule has 2 aromatic heterocycles. The van der Waals surface area contributed by atoms with Gasteiger partial charge >= 0.3 is 0 Å². The zero-order valence-corrected chi connectivity index (χ0v) is 16.5. The van der Waals surface area contributed by atoms with Crippen LogP contribution in [0.1, 0.15) is 42.5 Å². The first-order valence-corrected chi connectivity index (χ1v) is 9.70. The number of nitrogens with one attached hydrogen (secondary N) is 1. The Bertz CT molecular complexity index is 991. The third-order valence-corrected chi connectivity index (χ3v) is 5.41. The normalized spacial score (nSPS) is 16.3. The summed E-state index contributed by atoms with van der Waals surface area (Å²) in [7, 11) is 0. The number of ether oxygens (including phenoxy) is 1. The van der Waals surface area contributed by atoms with Crippen molar-refractivity contribution in [2.24, 2.45) is 0 Å². The number of amides is 1. The number of likely N-dealkylation sites (tertiary alicyclic amines) is 1. The van der Waals surface area contributed by atoms with Crippen molar-refractivity contribution < 1.29 is 9.53 Å². The number of fused-ring (bicyclic) bond motifs is 1. The number of rotatable bonds is 4. The summed E-state index contributed by atoms with van der Waals surface area (Å²) in [5.41, 5.74) is 4.73. The number of hydrogen-bond donors (Lipinski definition) is 1. The Kier molecular flexibility index (Phi) is 4.98. The fraction of sp³-hybridized carbons (Fsp3) is 0.429. The van der Waals surface area contributed by atoms with Crippen LogP contribution < -0.4 is 4.74 Å². The summed E-state index contributed by atoms with van der Waals surface area (Å²) in [5.74, 6) is 1.11. The molecule has 7 nitrogen and oxygen atoms in total. The number of hydrogen-bond acceptors (Lipinski definition) is 5. The van der Waals surface area contributed by atoms with E-state index in [9.17, 15) is 4.79 Å². The van der Waals surface area contributed by atoms with Crippen LogP contribution in [0.15, 0.2) is 30.6 Å². The van der Waals surface area contributed by atoms with Gasteiger partial charge in [-0.15, -0.1) is 0 Å². The highest BCUT2D eigenvalue weighted by Crippen LogP contribution is 2.30. The SMILES string of the molecule is Cc1ccc(OC(C)C(=O)N2CCC(c3[nH]nc4nccnc34)CC2)c(C)c1. The van der Waals surface area contributed by atoms with Crippen LogP contribution in [0.2, 0.25) is 0 Å². The Balaban J connectivity index is 1.38. The van der Waals surface area contributed by atoms with Crippen molar-refractivity contribution in [1.29, 1.82) is 0 Å². The second-order valence-electron chi connectivity index (χ2n) is 7.49. The number of nitrogens with zero attached hydrogens (tertiary/aromatic N) is 4. The molecule has 0 bridgehead atoms. The average molecular weight is 379 g/mol. The number of H-pyrrole nitrogens is 1. The van der Waals surface area contributed by atoms with Crippen molar-refractivity contribution in [3.05, 3.63) is 47.4 Å². The van der Waals surface area contributed by atoms with Crippen LogP contribution in [0.5, 0.6) is 5.75 Å². The first kappa shape index (κ1) is 18.4. The lowest BCUT2D eigenvalue weighted by Crippen LogP contribution is -2.44. The Morgan fingerprint density at radius 1 is 1.21 bits per heavy atom. The molecule has 1 unspecified atom stereocenters. The van der Waals surface area contributed by atoms with E-state index in [1.807, 2.05) is 37.8 Å².